The number of hydrogen-bond acceptors (Lipinski definition) is 2. The summed E-state index contributed by atoms with van der Waals surface area (Å²) in [7, 11) is 0. The number of aliphatic imine (C=N–C) groups is 1. The van der Waals surface area contributed by atoms with Gasteiger partial charge in [0.05, 0.1) is 6.61 Å². The lowest BCUT2D eigenvalue weighted by molar-refractivity contribution is 0.0806. The summed E-state index contributed by atoms with van der Waals surface area (Å²) < 4.78 is 0. The molecule has 3 N–H and O–H groups in total. The minimum Gasteiger partial charge on any atom is -0.368 e. The molecule has 13 heavy (non-hydrogen) atoms. The standard InChI is InChI=1S/C9H21N3O/c1-4-5-6-7-13-12-9(10)11-8(2)3/h8H,4-7H2,1-3H3,(H3,10,11,12). The second kappa shape index (κ2) is 7.86. The average Bonchev–Trinajstić information content (AvgIpc) is 2.02. The van der Waals surface area contributed by atoms with Crippen molar-refractivity contribution in [1.29, 1.82) is 0 Å². The van der Waals surface area contributed by atoms with E-state index >= 15 is 0 Å². The van der Waals surface area contributed by atoms with E-state index in [4.69, 9.17) is 10.6 Å². The van der Waals surface area contributed by atoms with E-state index in [-0.39, 0.29) is 6.04 Å². The van der Waals surface area contributed by atoms with Crippen LogP contribution in [0.1, 0.15) is 40.0 Å². The van der Waals surface area contributed by atoms with Gasteiger partial charge in [0.25, 0.3) is 0 Å². The number of guanidine groups is 1. The highest BCUT2D eigenvalue weighted by Gasteiger charge is 1.93. The van der Waals surface area contributed by atoms with E-state index in [1.54, 1.807) is 0 Å². The summed E-state index contributed by atoms with van der Waals surface area (Å²) in [5.41, 5.74) is 8.10. The maximum absolute atomic E-state index is 5.50. The molecule has 0 aliphatic heterocycles. The summed E-state index contributed by atoms with van der Waals surface area (Å²) in [6.07, 6.45) is 3.43. The Morgan fingerprint density at radius 2 is 2.15 bits per heavy atom. The summed E-state index contributed by atoms with van der Waals surface area (Å²) in [4.78, 5) is 9.15. The van der Waals surface area contributed by atoms with Gasteiger partial charge < -0.3 is 5.73 Å². The first-order chi connectivity index (χ1) is 6.16. The molecule has 0 heterocycles. The van der Waals surface area contributed by atoms with Gasteiger partial charge in [0, 0.05) is 6.04 Å². The molecule has 0 saturated heterocycles. The van der Waals surface area contributed by atoms with Crippen molar-refractivity contribution >= 4 is 5.96 Å². The van der Waals surface area contributed by atoms with Crippen molar-refractivity contribution in [2.24, 2.45) is 10.7 Å². The third-order valence-electron chi connectivity index (χ3n) is 1.42. The van der Waals surface area contributed by atoms with Crippen molar-refractivity contribution in [2.45, 2.75) is 46.1 Å². The smallest absolute Gasteiger partial charge is 0.213 e. The summed E-state index contributed by atoms with van der Waals surface area (Å²) in [6, 6.07) is 0.201. The Morgan fingerprint density at radius 1 is 1.46 bits per heavy atom. The van der Waals surface area contributed by atoms with Gasteiger partial charge in [-0.2, -0.15) is 0 Å². The molecule has 0 saturated carbocycles. The quantitative estimate of drug-likeness (QED) is 0.286. The zero-order chi connectivity index (χ0) is 10.1. The minimum atomic E-state index is 0.201. The largest absolute Gasteiger partial charge is 0.368 e. The highest BCUT2D eigenvalue weighted by atomic mass is 16.6. The maximum Gasteiger partial charge on any atom is 0.213 e. The predicted molar refractivity (Wildman–Crippen MR) is 55.4 cm³/mol. The molecule has 4 nitrogen and oxygen atoms in total. The van der Waals surface area contributed by atoms with E-state index in [1.807, 2.05) is 13.8 Å². The molecule has 0 aliphatic rings. The normalized spacial score (nSPS) is 12.2. The van der Waals surface area contributed by atoms with Gasteiger partial charge in [-0.25, -0.2) is 10.5 Å². The van der Waals surface area contributed by atoms with Crippen LogP contribution >= 0.6 is 0 Å². The fourth-order valence-corrected chi connectivity index (χ4v) is 0.854. The monoisotopic (exact) mass is 187 g/mol. The van der Waals surface area contributed by atoms with Crippen molar-refractivity contribution in [3.63, 3.8) is 0 Å². The van der Waals surface area contributed by atoms with Crippen molar-refractivity contribution in [3.05, 3.63) is 0 Å². The van der Waals surface area contributed by atoms with Crippen LogP contribution in [0.25, 0.3) is 0 Å². The second-order valence-corrected chi connectivity index (χ2v) is 3.27. The number of nitrogens with two attached hydrogens (primary N) is 1. The topological polar surface area (TPSA) is 59.6 Å². The first kappa shape index (κ1) is 12.2. The van der Waals surface area contributed by atoms with Crippen LogP contribution in [0.3, 0.4) is 0 Å². The Labute approximate surface area is 80.5 Å². The van der Waals surface area contributed by atoms with Crippen LogP contribution in [0.4, 0.5) is 0 Å². The van der Waals surface area contributed by atoms with Crippen LogP contribution in [0, 0.1) is 0 Å². The first-order valence-electron chi connectivity index (χ1n) is 4.88. The molecule has 0 radical (unpaired) electrons. The van der Waals surface area contributed by atoms with Gasteiger partial charge in [-0.15, -0.1) is 0 Å². The van der Waals surface area contributed by atoms with Gasteiger partial charge in [0.1, 0.15) is 0 Å². The fraction of sp³-hybridized carbons (Fsp3) is 0.889. The lowest BCUT2D eigenvalue weighted by atomic mass is 10.3. The minimum absolute atomic E-state index is 0.201. The lowest BCUT2D eigenvalue weighted by Gasteiger charge is -2.06. The summed E-state index contributed by atoms with van der Waals surface area (Å²) in [5, 5.41) is 0. The van der Waals surface area contributed by atoms with Crippen molar-refractivity contribution in [3.8, 4) is 0 Å². The van der Waals surface area contributed by atoms with Crippen LogP contribution in [-0.2, 0) is 4.84 Å². The predicted octanol–water partition coefficient (Wildman–Crippen LogP) is 1.42. The zero-order valence-corrected chi connectivity index (χ0v) is 8.84. The molecule has 0 aliphatic carbocycles. The van der Waals surface area contributed by atoms with Gasteiger partial charge in [0.15, 0.2) is 0 Å². The third kappa shape index (κ3) is 9.14. The van der Waals surface area contributed by atoms with Gasteiger partial charge in [0.2, 0.25) is 5.96 Å². The van der Waals surface area contributed by atoms with Crippen LogP contribution in [0.15, 0.2) is 4.99 Å². The Hall–Kier alpha value is -0.770. The summed E-state index contributed by atoms with van der Waals surface area (Å²) >= 11 is 0. The van der Waals surface area contributed by atoms with Gasteiger partial charge >= 0.3 is 0 Å². The molecule has 0 aromatic heterocycles. The Kier molecular flexibility index (Phi) is 7.39. The highest BCUT2D eigenvalue weighted by Crippen LogP contribution is 1.92. The lowest BCUT2D eigenvalue weighted by Crippen LogP contribution is -2.32. The maximum atomic E-state index is 5.50. The number of nitrogens with one attached hydrogen (secondary N) is 1. The molecule has 0 unspecified atom stereocenters. The van der Waals surface area contributed by atoms with Crippen LogP contribution in [-0.4, -0.2) is 18.6 Å². The highest BCUT2D eigenvalue weighted by molar-refractivity contribution is 5.76. The second-order valence-electron chi connectivity index (χ2n) is 3.27. The van der Waals surface area contributed by atoms with E-state index in [0.717, 1.165) is 6.42 Å². The number of nitrogens with zero attached hydrogens (tertiary/aromatic N) is 1. The van der Waals surface area contributed by atoms with Gasteiger partial charge in [-0.3, -0.25) is 4.84 Å². The molecule has 0 rings (SSSR count). The zero-order valence-electron chi connectivity index (χ0n) is 8.84. The van der Waals surface area contributed by atoms with E-state index in [9.17, 15) is 0 Å². The van der Waals surface area contributed by atoms with Gasteiger partial charge in [-0.1, -0.05) is 19.8 Å². The Bertz CT molecular complexity index is 146. The first-order valence-corrected chi connectivity index (χ1v) is 4.88. The molecule has 0 amide bonds. The van der Waals surface area contributed by atoms with Crippen molar-refractivity contribution in [2.75, 3.05) is 6.61 Å². The van der Waals surface area contributed by atoms with Crippen molar-refractivity contribution < 1.29 is 4.84 Å². The molecule has 4 heteroatoms. The van der Waals surface area contributed by atoms with E-state index in [1.165, 1.54) is 12.8 Å². The van der Waals surface area contributed by atoms with Crippen molar-refractivity contribution in [1.82, 2.24) is 5.48 Å². The Morgan fingerprint density at radius 3 is 2.69 bits per heavy atom. The van der Waals surface area contributed by atoms with Gasteiger partial charge in [-0.05, 0) is 20.3 Å². The molecule has 0 atom stereocenters. The SMILES string of the molecule is CCCCCONC(N)=NC(C)C. The molecule has 78 valence electrons. The van der Waals surface area contributed by atoms with E-state index in [0.29, 0.717) is 12.6 Å². The van der Waals surface area contributed by atoms with E-state index < -0.39 is 0 Å². The third-order valence-corrected chi connectivity index (χ3v) is 1.42. The fourth-order valence-electron chi connectivity index (χ4n) is 0.854. The summed E-state index contributed by atoms with van der Waals surface area (Å²) in [6.45, 7) is 6.77. The molecule has 0 aromatic carbocycles. The Balaban J connectivity index is 3.31. The average molecular weight is 187 g/mol. The molecule has 0 bridgehead atoms. The molecule has 0 fully saturated rings. The number of hydrogen-bond donors (Lipinski definition) is 2. The molecular weight excluding hydrogens is 166 g/mol. The molecular formula is C9H21N3O. The van der Waals surface area contributed by atoms with E-state index in [2.05, 4.69) is 17.4 Å². The number of hydroxylamine groups is 1. The van der Waals surface area contributed by atoms with Crippen LogP contribution in [0.2, 0.25) is 0 Å². The number of rotatable bonds is 6. The van der Waals surface area contributed by atoms with Crippen LogP contribution < -0.4 is 11.2 Å². The summed E-state index contributed by atoms with van der Waals surface area (Å²) in [5.74, 6) is 0.353. The molecule has 0 aromatic rings. The molecule has 0 spiro atoms. The van der Waals surface area contributed by atoms with Crippen LogP contribution in [0.5, 0.6) is 0 Å². The number of unbranched alkanes of at least 4 members (excludes halogenated alkanes) is 2.